The lowest BCUT2D eigenvalue weighted by Gasteiger charge is -2.12. The molecule has 0 bridgehead atoms. The number of pyridine rings is 1. The first-order valence-corrected chi connectivity index (χ1v) is 5.89. The van der Waals surface area contributed by atoms with Gasteiger partial charge in [0.15, 0.2) is 0 Å². The number of H-pyrrole nitrogens is 1. The van der Waals surface area contributed by atoms with Gasteiger partial charge in [-0.25, -0.2) is 9.78 Å². The normalized spacial score (nSPS) is 10.2. The minimum atomic E-state index is -0.437. The highest BCUT2D eigenvalue weighted by Gasteiger charge is 2.11. The molecule has 0 aliphatic heterocycles. The average Bonchev–Trinajstić information content (AvgIpc) is 2.89. The van der Waals surface area contributed by atoms with Gasteiger partial charge in [-0.3, -0.25) is 5.32 Å². The van der Waals surface area contributed by atoms with Crippen molar-refractivity contribution < 1.29 is 9.53 Å². The number of methoxy groups -OCH3 is 1. The molecule has 0 aliphatic carbocycles. The van der Waals surface area contributed by atoms with Crippen LogP contribution in [0.5, 0.6) is 5.88 Å². The van der Waals surface area contributed by atoms with Gasteiger partial charge in [0.25, 0.3) is 5.95 Å². The zero-order valence-corrected chi connectivity index (χ0v) is 11.4. The maximum atomic E-state index is 11.7. The number of anilines is 1. The maximum Gasteiger partial charge on any atom is 0.321 e. The van der Waals surface area contributed by atoms with Gasteiger partial charge in [-0.05, 0) is 30.7 Å². The van der Waals surface area contributed by atoms with E-state index in [0.29, 0.717) is 5.88 Å². The lowest BCUT2D eigenvalue weighted by atomic mass is 10.1. The molecule has 9 nitrogen and oxygen atoms in total. The number of rotatable bonds is 4. The number of amides is 2. The van der Waals surface area contributed by atoms with E-state index in [4.69, 9.17) is 4.74 Å². The Labute approximate surface area is 115 Å². The Balaban J connectivity index is 2.02. The van der Waals surface area contributed by atoms with Crippen molar-refractivity contribution in [1.82, 2.24) is 30.9 Å². The lowest BCUT2D eigenvalue weighted by Crippen LogP contribution is -2.29. The number of carbonyl (C=O) groups is 1. The topological polar surface area (TPSA) is 118 Å². The third kappa shape index (κ3) is 3.19. The number of hydrogen-bond donors (Lipinski definition) is 3. The van der Waals surface area contributed by atoms with Gasteiger partial charge in [-0.1, -0.05) is 5.10 Å². The second-order valence-corrected chi connectivity index (χ2v) is 4.11. The molecule has 3 N–H and O–H groups in total. The Morgan fingerprint density at radius 1 is 1.45 bits per heavy atom. The van der Waals surface area contributed by atoms with Crippen LogP contribution in [-0.2, 0) is 6.54 Å². The van der Waals surface area contributed by atoms with Crippen molar-refractivity contribution >= 4 is 12.0 Å². The molecule has 2 amide bonds. The number of tetrazole rings is 1. The molecule has 2 aromatic heterocycles. The number of carbonyl (C=O) groups excluding carboxylic acids is 1. The highest BCUT2D eigenvalue weighted by atomic mass is 16.5. The van der Waals surface area contributed by atoms with Crippen LogP contribution in [0.15, 0.2) is 6.07 Å². The second kappa shape index (κ2) is 5.95. The zero-order chi connectivity index (χ0) is 14.5. The summed E-state index contributed by atoms with van der Waals surface area (Å²) in [4.78, 5) is 15.9. The molecule has 0 spiro atoms. The van der Waals surface area contributed by atoms with E-state index in [0.717, 1.165) is 16.8 Å². The van der Waals surface area contributed by atoms with Crippen LogP contribution in [0.25, 0.3) is 0 Å². The molecule has 0 fully saturated rings. The summed E-state index contributed by atoms with van der Waals surface area (Å²) < 4.78 is 5.22. The molecule has 0 saturated heterocycles. The van der Waals surface area contributed by atoms with Crippen molar-refractivity contribution in [3.63, 3.8) is 0 Å². The molecule has 0 aromatic carbocycles. The van der Waals surface area contributed by atoms with E-state index >= 15 is 0 Å². The molecule has 0 radical (unpaired) electrons. The third-order valence-electron chi connectivity index (χ3n) is 2.63. The van der Waals surface area contributed by atoms with Crippen molar-refractivity contribution in [3.8, 4) is 5.88 Å². The molecule has 2 aromatic rings. The van der Waals surface area contributed by atoms with Gasteiger partial charge in [0, 0.05) is 11.3 Å². The SMILES string of the molecule is COc1nc(C)cc(C)c1CNC(=O)Nc1nn[nH]n1. The molecule has 0 atom stereocenters. The number of ether oxygens (including phenoxy) is 1. The van der Waals surface area contributed by atoms with Gasteiger partial charge in [0.1, 0.15) is 0 Å². The quantitative estimate of drug-likeness (QED) is 0.750. The maximum absolute atomic E-state index is 11.7. The minimum absolute atomic E-state index is 0.105. The predicted molar refractivity (Wildman–Crippen MR) is 70.3 cm³/mol. The van der Waals surface area contributed by atoms with Crippen molar-refractivity contribution in [2.45, 2.75) is 20.4 Å². The molecule has 0 aliphatic rings. The van der Waals surface area contributed by atoms with Crippen LogP contribution in [0.3, 0.4) is 0 Å². The molecule has 106 valence electrons. The fraction of sp³-hybridized carbons (Fsp3) is 0.364. The first-order valence-electron chi connectivity index (χ1n) is 5.89. The van der Waals surface area contributed by atoms with Crippen molar-refractivity contribution in [2.75, 3.05) is 12.4 Å². The number of hydrogen-bond acceptors (Lipinski definition) is 6. The summed E-state index contributed by atoms with van der Waals surface area (Å²) in [5.74, 6) is 0.607. The fourth-order valence-electron chi connectivity index (χ4n) is 1.74. The minimum Gasteiger partial charge on any atom is -0.481 e. The Kier molecular flexibility index (Phi) is 4.08. The van der Waals surface area contributed by atoms with Gasteiger partial charge in [0.2, 0.25) is 5.88 Å². The van der Waals surface area contributed by atoms with Gasteiger partial charge >= 0.3 is 6.03 Å². The predicted octanol–water partition coefficient (Wildman–Crippen LogP) is 0.542. The van der Waals surface area contributed by atoms with Gasteiger partial charge < -0.3 is 10.1 Å². The molecular weight excluding hydrogens is 262 g/mol. The summed E-state index contributed by atoms with van der Waals surface area (Å²) in [6.07, 6.45) is 0. The summed E-state index contributed by atoms with van der Waals surface area (Å²) in [6.45, 7) is 4.10. The molecule has 20 heavy (non-hydrogen) atoms. The van der Waals surface area contributed by atoms with E-state index in [1.807, 2.05) is 19.9 Å². The summed E-state index contributed by atoms with van der Waals surface area (Å²) in [5, 5.41) is 17.9. The largest absolute Gasteiger partial charge is 0.481 e. The van der Waals surface area contributed by atoms with Crippen LogP contribution in [0.2, 0.25) is 0 Å². The van der Waals surface area contributed by atoms with Crippen LogP contribution in [-0.4, -0.2) is 38.7 Å². The van der Waals surface area contributed by atoms with E-state index in [2.05, 4.69) is 36.2 Å². The third-order valence-corrected chi connectivity index (χ3v) is 2.63. The van der Waals surface area contributed by atoms with Gasteiger partial charge in [0.05, 0.1) is 13.7 Å². The van der Waals surface area contributed by atoms with E-state index < -0.39 is 6.03 Å². The standard InChI is InChI=1S/C11H15N7O2/c1-6-4-7(2)13-9(20-3)8(6)5-12-11(19)14-10-15-17-18-16-10/h4H,5H2,1-3H3,(H3,12,14,15,16,17,18,19). The summed E-state index contributed by atoms with van der Waals surface area (Å²) >= 11 is 0. The smallest absolute Gasteiger partial charge is 0.321 e. The summed E-state index contributed by atoms with van der Waals surface area (Å²) in [7, 11) is 1.55. The Bertz CT molecular complexity index is 597. The second-order valence-electron chi connectivity index (χ2n) is 4.11. The highest BCUT2D eigenvalue weighted by molar-refractivity contribution is 5.87. The van der Waals surface area contributed by atoms with Crippen LogP contribution in [0, 0.1) is 13.8 Å². The first kappa shape index (κ1) is 13.7. The zero-order valence-electron chi connectivity index (χ0n) is 11.4. The average molecular weight is 277 g/mol. The number of nitrogens with zero attached hydrogens (tertiary/aromatic N) is 4. The summed E-state index contributed by atoms with van der Waals surface area (Å²) in [5.41, 5.74) is 2.68. The van der Waals surface area contributed by atoms with Crippen LogP contribution < -0.4 is 15.4 Å². The Hall–Kier alpha value is -2.71. The molecule has 9 heteroatoms. The van der Waals surface area contributed by atoms with E-state index in [-0.39, 0.29) is 12.5 Å². The monoisotopic (exact) mass is 277 g/mol. The number of urea groups is 1. The van der Waals surface area contributed by atoms with Crippen molar-refractivity contribution in [1.29, 1.82) is 0 Å². The Morgan fingerprint density at radius 2 is 2.25 bits per heavy atom. The highest BCUT2D eigenvalue weighted by Crippen LogP contribution is 2.20. The van der Waals surface area contributed by atoms with E-state index in [1.165, 1.54) is 0 Å². The number of nitrogens with one attached hydrogen (secondary N) is 3. The molecule has 2 heterocycles. The molecular formula is C11H15N7O2. The first-order chi connectivity index (χ1) is 9.60. The molecule has 0 unspecified atom stereocenters. The molecule has 2 rings (SSSR count). The van der Waals surface area contributed by atoms with Gasteiger partial charge in [-0.15, -0.1) is 5.10 Å². The van der Waals surface area contributed by atoms with Crippen LogP contribution >= 0.6 is 0 Å². The summed E-state index contributed by atoms with van der Waals surface area (Å²) in [6, 6.07) is 1.49. The van der Waals surface area contributed by atoms with E-state index in [1.54, 1.807) is 7.11 Å². The Morgan fingerprint density at radius 3 is 2.90 bits per heavy atom. The van der Waals surface area contributed by atoms with Gasteiger partial charge in [-0.2, -0.15) is 5.21 Å². The van der Waals surface area contributed by atoms with Crippen molar-refractivity contribution in [2.24, 2.45) is 0 Å². The molecule has 0 saturated carbocycles. The number of aromatic nitrogens is 5. The fourth-order valence-corrected chi connectivity index (χ4v) is 1.74. The number of aromatic amines is 1. The van der Waals surface area contributed by atoms with Crippen LogP contribution in [0.4, 0.5) is 10.7 Å². The van der Waals surface area contributed by atoms with E-state index in [9.17, 15) is 4.79 Å². The van der Waals surface area contributed by atoms with Crippen molar-refractivity contribution in [3.05, 3.63) is 22.9 Å². The number of aryl methyl sites for hydroxylation is 2. The lowest BCUT2D eigenvalue weighted by molar-refractivity contribution is 0.251. The van der Waals surface area contributed by atoms with Crippen LogP contribution in [0.1, 0.15) is 16.8 Å².